The third-order valence-electron chi connectivity index (χ3n) is 5.09. The number of carbonyl (C=O) groups excluding carboxylic acids is 1. The molecule has 2 atom stereocenters. The van der Waals surface area contributed by atoms with E-state index >= 15 is 0 Å². The van der Waals surface area contributed by atoms with Gasteiger partial charge < -0.3 is 25.8 Å². The number of amides is 2. The predicted molar refractivity (Wildman–Crippen MR) is 114 cm³/mol. The molecule has 4 N–H and O–H groups in total. The first-order chi connectivity index (χ1) is 14.7. The fourth-order valence-corrected chi connectivity index (χ4v) is 3.26. The predicted octanol–water partition coefficient (Wildman–Crippen LogP) is 4.22. The Balaban J connectivity index is 0.00000110. The van der Waals surface area contributed by atoms with Crippen LogP contribution >= 0.6 is 0 Å². The minimum absolute atomic E-state index is 0.0715. The number of carboxylic acids is 1. The van der Waals surface area contributed by atoms with Crippen molar-refractivity contribution in [3.05, 3.63) is 0 Å². The van der Waals surface area contributed by atoms with Gasteiger partial charge in [0.25, 0.3) is 0 Å². The maximum Gasteiger partial charge on any atom is 0.490 e. The van der Waals surface area contributed by atoms with Gasteiger partial charge in [-0.3, -0.25) is 0 Å². The van der Waals surface area contributed by atoms with Crippen LogP contribution in [0.15, 0.2) is 0 Å². The molecule has 0 radical (unpaired) electrons. The van der Waals surface area contributed by atoms with E-state index in [2.05, 4.69) is 22.9 Å². The van der Waals surface area contributed by atoms with Gasteiger partial charge in [0.05, 0.1) is 12.1 Å². The molecule has 1 heterocycles. The van der Waals surface area contributed by atoms with Crippen molar-refractivity contribution in [2.24, 2.45) is 0 Å². The lowest BCUT2D eigenvalue weighted by Crippen LogP contribution is -2.48. The summed E-state index contributed by atoms with van der Waals surface area (Å²) in [6.07, 6.45) is 9.61. The van der Waals surface area contributed by atoms with Crippen molar-refractivity contribution in [3.63, 3.8) is 0 Å². The summed E-state index contributed by atoms with van der Waals surface area (Å²) in [7, 11) is 1.69. The number of hydrogen-bond donors (Lipinski definition) is 4. The molecule has 0 bridgehead atoms. The van der Waals surface area contributed by atoms with Crippen LogP contribution in [0.3, 0.4) is 0 Å². The van der Waals surface area contributed by atoms with Crippen molar-refractivity contribution >= 4 is 12.0 Å². The quantitative estimate of drug-likeness (QED) is 0.294. The number of alkyl halides is 3. The molecule has 1 saturated heterocycles. The van der Waals surface area contributed by atoms with Crippen LogP contribution in [-0.2, 0) is 9.53 Å². The molecule has 0 spiro atoms. The highest BCUT2D eigenvalue weighted by Crippen LogP contribution is 2.13. The Kier molecular flexibility index (Phi) is 17.2. The summed E-state index contributed by atoms with van der Waals surface area (Å²) in [6.45, 7) is 4.62. The third kappa shape index (κ3) is 16.8. The van der Waals surface area contributed by atoms with Crippen LogP contribution < -0.4 is 16.0 Å². The van der Waals surface area contributed by atoms with Crippen LogP contribution in [0.1, 0.15) is 77.6 Å². The summed E-state index contributed by atoms with van der Waals surface area (Å²) in [5, 5.41) is 16.3. The molecule has 0 aromatic heterocycles. The smallest absolute Gasteiger partial charge is 0.475 e. The van der Waals surface area contributed by atoms with Crippen LogP contribution in [0.25, 0.3) is 0 Å². The highest BCUT2D eigenvalue weighted by atomic mass is 19.4. The number of rotatable bonds is 14. The number of urea groups is 1. The van der Waals surface area contributed by atoms with Gasteiger partial charge in [-0.15, -0.1) is 0 Å². The molecule has 2 amide bonds. The molecule has 0 aromatic rings. The van der Waals surface area contributed by atoms with E-state index in [1.165, 1.54) is 64.2 Å². The largest absolute Gasteiger partial charge is 0.490 e. The summed E-state index contributed by atoms with van der Waals surface area (Å²) in [6, 6.07) is 0.00477. The molecule has 0 unspecified atom stereocenters. The van der Waals surface area contributed by atoms with Gasteiger partial charge in [0.1, 0.15) is 0 Å². The second-order valence-corrected chi connectivity index (χ2v) is 7.78. The number of carbonyl (C=O) groups is 2. The summed E-state index contributed by atoms with van der Waals surface area (Å²) in [5.41, 5.74) is 0. The summed E-state index contributed by atoms with van der Waals surface area (Å²) in [5.74, 6) is -2.76. The fourth-order valence-electron chi connectivity index (χ4n) is 3.26. The van der Waals surface area contributed by atoms with Crippen molar-refractivity contribution < 1.29 is 32.6 Å². The first-order valence-corrected chi connectivity index (χ1v) is 11.3. The normalized spacial score (nSPS) is 18.2. The van der Waals surface area contributed by atoms with Gasteiger partial charge in [0, 0.05) is 26.7 Å². The Labute approximate surface area is 183 Å². The van der Waals surface area contributed by atoms with Crippen LogP contribution in [-0.4, -0.2) is 62.2 Å². The maximum atomic E-state index is 11.8. The van der Waals surface area contributed by atoms with E-state index in [1.807, 2.05) is 0 Å². The fraction of sp³-hybridized carbons (Fsp3) is 0.905. The number of carboxylic acid groups (broad SMARTS) is 1. The van der Waals surface area contributed by atoms with Crippen LogP contribution in [0.2, 0.25) is 0 Å². The molecule has 0 aromatic carbocycles. The average Bonchev–Trinajstić information content (AvgIpc) is 3.15. The van der Waals surface area contributed by atoms with Gasteiger partial charge in [0.15, 0.2) is 0 Å². The van der Waals surface area contributed by atoms with Gasteiger partial charge >= 0.3 is 18.2 Å². The van der Waals surface area contributed by atoms with Crippen LogP contribution in [0.5, 0.6) is 0 Å². The number of hydrogen-bond acceptors (Lipinski definition) is 4. The van der Waals surface area contributed by atoms with E-state index in [-0.39, 0.29) is 18.2 Å². The molecule has 1 fully saturated rings. The molecule has 10 heteroatoms. The first kappa shape index (κ1) is 29.5. The lowest BCUT2D eigenvalue weighted by Gasteiger charge is -2.18. The Bertz CT molecular complexity index is 479. The van der Waals surface area contributed by atoms with Crippen molar-refractivity contribution in [2.45, 2.75) is 95.9 Å². The summed E-state index contributed by atoms with van der Waals surface area (Å²) < 4.78 is 37.1. The number of nitrogens with one attached hydrogen (secondary N) is 3. The highest BCUT2D eigenvalue weighted by Gasteiger charge is 2.38. The second-order valence-electron chi connectivity index (χ2n) is 7.78. The Morgan fingerprint density at radius 1 is 0.968 bits per heavy atom. The van der Waals surface area contributed by atoms with Crippen molar-refractivity contribution in [3.8, 4) is 0 Å². The average molecular weight is 456 g/mol. The molecule has 0 aliphatic carbocycles. The van der Waals surface area contributed by atoms with Gasteiger partial charge in [-0.25, -0.2) is 9.59 Å². The third-order valence-corrected chi connectivity index (χ3v) is 5.09. The minimum atomic E-state index is -5.08. The van der Waals surface area contributed by atoms with Crippen molar-refractivity contribution in [1.29, 1.82) is 0 Å². The van der Waals surface area contributed by atoms with Gasteiger partial charge in [-0.05, 0) is 6.42 Å². The lowest BCUT2D eigenvalue weighted by molar-refractivity contribution is -0.192. The van der Waals surface area contributed by atoms with Crippen LogP contribution in [0.4, 0.5) is 18.0 Å². The SMILES string of the molecule is CCCCCCCCCCCCCNC(=O)N[C@@H]1CNC[C@@H]1OC.O=C(O)C(F)(F)F. The number of methoxy groups -OCH3 is 1. The Morgan fingerprint density at radius 2 is 1.45 bits per heavy atom. The van der Waals surface area contributed by atoms with E-state index in [1.54, 1.807) is 7.11 Å². The van der Waals surface area contributed by atoms with Gasteiger partial charge in [-0.1, -0.05) is 71.1 Å². The van der Waals surface area contributed by atoms with E-state index in [4.69, 9.17) is 14.6 Å². The van der Waals surface area contributed by atoms with Crippen molar-refractivity contribution in [2.75, 3.05) is 26.7 Å². The molecule has 1 rings (SSSR count). The number of halogens is 3. The second kappa shape index (κ2) is 18.1. The molecule has 0 saturated carbocycles. The monoisotopic (exact) mass is 455 g/mol. The van der Waals surface area contributed by atoms with E-state index in [0.29, 0.717) is 0 Å². The molecule has 7 nitrogen and oxygen atoms in total. The van der Waals surface area contributed by atoms with E-state index in [9.17, 15) is 18.0 Å². The number of ether oxygens (including phenoxy) is 1. The lowest BCUT2D eigenvalue weighted by atomic mass is 10.1. The van der Waals surface area contributed by atoms with Crippen molar-refractivity contribution in [1.82, 2.24) is 16.0 Å². The highest BCUT2D eigenvalue weighted by molar-refractivity contribution is 5.74. The molecule has 31 heavy (non-hydrogen) atoms. The maximum absolute atomic E-state index is 11.8. The zero-order chi connectivity index (χ0) is 23.5. The molecule has 1 aliphatic heterocycles. The number of aliphatic carboxylic acids is 1. The Morgan fingerprint density at radius 3 is 1.90 bits per heavy atom. The first-order valence-electron chi connectivity index (χ1n) is 11.3. The van der Waals surface area contributed by atoms with Gasteiger partial charge in [0.2, 0.25) is 0 Å². The van der Waals surface area contributed by atoms with E-state index in [0.717, 1.165) is 26.1 Å². The minimum Gasteiger partial charge on any atom is -0.475 e. The van der Waals surface area contributed by atoms with Gasteiger partial charge in [-0.2, -0.15) is 13.2 Å². The zero-order valence-electron chi connectivity index (χ0n) is 18.9. The number of unbranched alkanes of at least 4 members (excludes halogenated alkanes) is 10. The molecule has 184 valence electrons. The Hall–Kier alpha value is -1.55. The topological polar surface area (TPSA) is 99.7 Å². The van der Waals surface area contributed by atoms with Crippen LogP contribution in [0, 0.1) is 0 Å². The molecular weight excluding hydrogens is 415 g/mol. The standard InChI is InChI=1S/C19H39N3O2.C2HF3O2/c1-3-4-5-6-7-8-9-10-11-12-13-14-21-19(23)22-17-15-20-16-18(17)24-2;3-2(4,5)1(6)7/h17-18,20H,3-16H2,1-2H3,(H2,21,22,23);(H,6,7)/t17-,18+;/m1./s1. The summed E-state index contributed by atoms with van der Waals surface area (Å²) >= 11 is 0. The summed E-state index contributed by atoms with van der Waals surface area (Å²) in [4.78, 5) is 20.7. The van der Waals surface area contributed by atoms with E-state index < -0.39 is 12.1 Å². The molecule has 1 aliphatic rings. The molecular formula is C21H40F3N3O4. The zero-order valence-corrected chi connectivity index (χ0v) is 18.9.